The Morgan fingerprint density at radius 2 is 2.26 bits per heavy atom. The summed E-state index contributed by atoms with van der Waals surface area (Å²) in [6.07, 6.45) is 3.34. The van der Waals surface area contributed by atoms with Crippen molar-refractivity contribution in [1.82, 2.24) is 4.90 Å². The molecule has 110 valence electrons. The molecule has 1 saturated heterocycles. The Hall–Kier alpha value is 0.270. The fourth-order valence-corrected chi connectivity index (χ4v) is 2.43. The number of hydrogen-bond acceptors (Lipinski definition) is 3. The van der Waals surface area contributed by atoms with Crippen LogP contribution in [0.3, 0.4) is 0 Å². The van der Waals surface area contributed by atoms with E-state index in [2.05, 4.69) is 15.9 Å². The molecule has 0 aromatic carbocycles. The maximum atomic E-state index is 13.2. The lowest BCUT2D eigenvalue weighted by atomic mass is 10.1. The van der Waals surface area contributed by atoms with Crippen molar-refractivity contribution < 1.29 is 18.3 Å². The molecular formula is C12H17BrF2INO2. The number of hydrogen-bond donors (Lipinski definition) is 1. The van der Waals surface area contributed by atoms with Crippen LogP contribution in [0.4, 0.5) is 8.78 Å². The lowest BCUT2D eigenvalue weighted by molar-refractivity contribution is -0.119. The van der Waals surface area contributed by atoms with Crippen molar-refractivity contribution in [2.75, 3.05) is 13.1 Å². The van der Waals surface area contributed by atoms with Gasteiger partial charge in [0, 0.05) is 6.54 Å². The van der Waals surface area contributed by atoms with Crippen LogP contribution in [-0.2, 0) is 0 Å². The molecule has 0 saturated carbocycles. The average Bonchev–Trinajstić information content (AvgIpc) is 2.83. The second-order valence-corrected chi connectivity index (χ2v) is 5.91. The Labute approximate surface area is 136 Å². The van der Waals surface area contributed by atoms with E-state index in [1.54, 1.807) is 12.3 Å². The van der Waals surface area contributed by atoms with Crippen molar-refractivity contribution in [3.05, 3.63) is 24.2 Å². The van der Waals surface area contributed by atoms with E-state index in [0.717, 1.165) is 25.5 Å². The predicted molar refractivity (Wildman–Crippen MR) is 82.2 cm³/mol. The van der Waals surface area contributed by atoms with Crippen LogP contribution in [0, 0.1) is 0 Å². The lowest BCUT2D eigenvalue weighted by Crippen LogP contribution is -2.50. The summed E-state index contributed by atoms with van der Waals surface area (Å²) in [5.74, 6) is 0.765. The predicted octanol–water partition coefficient (Wildman–Crippen LogP) is 3.77. The van der Waals surface area contributed by atoms with Crippen LogP contribution in [-0.4, -0.2) is 33.5 Å². The van der Waals surface area contributed by atoms with Gasteiger partial charge < -0.3 is 9.52 Å². The van der Waals surface area contributed by atoms with Crippen LogP contribution >= 0.6 is 39.9 Å². The van der Waals surface area contributed by atoms with Gasteiger partial charge in [0.2, 0.25) is 0 Å². The van der Waals surface area contributed by atoms with E-state index in [0.29, 0.717) is 6.54 Å². The molecule has 2 rings (SSSR count). The minimum absolute atomic E-state index is 0. The zero-order valence-electron chi connectivity index (χ0n) is 10.5. The van der Waals surface area contributed by atoms with Crippen LogP contribution in [0.25, 0.3) is 0 Å². The number of likely N-dealkylation sites (tertiary alicyclic amines) is 1. The van der Waals surface area contributed by atoms with Crippen LogP contribution in [0.1, 0.15) is 31.6 Å². The third kappa shape index (κ3) is 3.89. The van der Waals surface area contributed by atoms with E-state index in [4.69, 9.17) is 4.42 Å². The van der Waals surface area contributed by atoms with Gasteiger partial charge in [-0.15, -0.1) is 24.0 Å². The van der Waals surface area contributed by atoms with Crippen LogP contribution < -0.4 is 0 Å². The first kappa shape index (κ1) is 17.3. The summed E-state index contributed by atoms with van der Waals surface area (Å²) in [6, 6.07) is 3.59. The van der Waals surface area contributed by atoms with E-state index in [9.17, 15) is 13.9 Å². The summed E-state index contributed by atoms with van der Waals surface area (Å²) in [6.45, 7) is 1.72. The summed E-state index contributed by atoms with van der Waals surface area (Å²) in [7, 11) is 0. The molecule has 2 atom stereocenters. The standard InChI is InChI=1S/C12H16BrF2NO2.HI/c1-11(17,12(13,14)15)8-16-6-2-4-9(16)10-5-3-7-18-10;/h3,5,7,9,17H,2,4,6,8H2,1H3;1H. The Balaban J connectivity index is 0.00000180. The molecule has 0 amide bonds. The Kier molecular flexibility index (Phi) is 5.80. The molecule has 0 aliphatic carbocycles. The molecule has 1 N–H and O–H groups in total. The number of alkyl halides is 3. The van der Waals surface area contributed by atoms with E-state index in [1.165, 1.54) is 0 Å². The van der Waals surface area contributed by atoms with Gasteiger partial charge in [-0.25, -0.2) is 0 Å². The fraction of sp³-hybridized carbons (Fsp3) is 0.667. The second-order valence-electron chi connectivity index (χ2n) is 4.92. The SMILES string of the molecule is CC(O)(CN1CCCC1c1ccco1)C(F)(F)Br.I. The monoisotopic (exact) mass is 451 g/mol. The molecule has 1 aliphatic heterocycles. The maximum Gasteiger partial charge on any atom is 0.330 e. The molecule has 2 heterocycles. The third-order valence-electron chi connectivity index (χ3n) is 3.36. The van der Waals surface area contributed by atoms with E-state index in [1.807, 2.05) is 11.0 Å². The largest absolute Gasteiger partial charge is 0.468 e. The van der Waals surface area contributed by atoms with Gasteiger partial charge in [-0.1, -0.05) is 0 Å². The summed E-state index contributed by atoms with van der Waals surface area (Å²) in [5, 5.41) is 9.86. The Bertz CT molecular complexity index is 395. The zero-order valence-corrected chi connectivity index (χ0v) is 14.4. The molecule has 3 nitrogen and oxygen atoms in total. The van der Waals surface area contributed by atoms with Crippen LogP contribution in [0.15, 0.2) is 22.8 Å². The molecule has 0 radical (unpaired) electrons. The van der Waals surface area contributed by atoms with Gasteiger partial charge in [-0.05, 0) is 54.4 Å². The van der Waals surface area contributed by atoms with Gasteiger partial charge in [-0.3, -0.25) is 4.90 Å². The maximum absolute atomic E-state index is 13.2. The first-order valence-corrected chi connectivity index (χ1v) is 6.67. The highest BCUT2D eigenvalue weighted by Gasteiger charge is 2.49. The van der Waals surface area contributed by atoms with E-state index < -0.39 is 10.4 Å². The number of rotatable bonds is 4. The fourth-order valence-electron chi connectivity index (χ4n) is 2.30. The summed E-state index contributed by atoms with van der Waals surface area (Å²) < 4.78 is 31.8. The molecular weight excluding hydrogens is 435 g/mol. The number of aliphatic hydroxyl groups is 1. The molecule has 0 spiro atoms. The van der Waals surface area contributed by atoms with Crippen molar-refractivity contribution in [3.8, 4) is 0 Å². The van der Waals surface area contributed by atoms with Gasteiger partial charge >= 0.3 is 4.83 Å². The average molecular weight is 452 g/mol. The molecule has 1 aromatic rings. The molecule has 2 unspecified atom stereocenters. The first-order chi connectivity index (χ1) is 8.31. The minimum atomic E-state index is -3.31. The van der Waals surface area contributed by atoms with Crippen molar-refractivity contribution in [2.45, 2.75) is 36.2 Å². The highest BCUT2D eigenvalue weighted by molar-refractivity contribution is 14.0. The van der Waals surface area contributed by atoms with Crippen molar-refractivity contribution >= 4 is 39.9 Å². The van der Waals surface area contributed by atoms with Crippen molar-refractivity contribution in [2.24, 2.45) is 0 Å². The quantitative estimate of drug-likeness (QED) is 0.559. The third-order valence-corrected chi connectivity index (χ3v) is 4.21. The first-order valence-electron chi connectivity index (χ1n) is 5.88. The highest BCUT2D eigenvalue weighted by Crippen LogP contribution is 2.39. The van der Waals surface area contributed by atoms with Crippen molar-refractivity contribution in [3.63, 3.8) is 0 Å². The van der Waals surface area contributed by atoms with Crippen LogP contribution in [0.5, 0.6) is 0 Å². The smallest absolute Gasteiger partial charge is 0.330 e. The lowest BCUT2D eigenvalue weighted by Gasteiger charge is -2.34. The van der Waals surface area contributed by atoms with Gasteiger partial charge in [0.05, 0.1) is 12.3 Å². The molecule has 7 heteroatoms. The Morgan fingerprint density at radius 3 is 2.79 bits per heavy atom. The molecule has 0 bridgehead atoms. The normalized spacial score (nSPS) is 23.9. The second kappa shape index (κ2) is 6.36. The molecule has 1 aromatic heterocycles. The van der Waals surface area contributed by atoms with Gasteiger partial charge in [0.15, 0.2) is 0 Å². The van der Waals surface area contributed by atoms with E-state index in [-0.39, 0.29) is 36.6 Å². The molecule has 19 heavy (non-hydrogen) atoms. The topological polar surface area (TPSA) is 36.6 Å². The van der Waals surface area contributed by atoms with Gasteiger partial charge in [0.1, 0.15) is 11.4 Å². The molecule has 1 aliphatic rings. The van der Waals surface area contributed by atoms with Crippen molar-refractivity contribution in [1.29, 1.82) is 0 Å². The molecule has 1 fully saturated rings. The van der Waals surface area contributed by atoms with E-state index >= 15 is 0 Å². The zero-order chi connectivity index (χ0) is 13.4. The summed E-state index contributed by atoms with van der Waals surface area (Å²) in [4.78, 5) is -1.47. The van der Waals surface area contributed by atoms with Gasteiger partial charge in [0.25, 0.3) is 0 Å². The van der Waals surface area contributed by atoms with Gasteiger partial charge in [-0.2, -0.15) is 8.78 Å². The number of nitrogens with zero attached hydrogens (tertiary/aromatic N) is 1. The number of β-amino-alcohol motifs (C(OH)–C–C–N with tert-alkyl or cyclic N) is 1. The van der Waals surface area contributed by atoms with Crippen LogP contribution in [0.2, 0.25) is 0 Å². The Morgan fingerprint density at radius 1 is 1.58 bits per heavy atom. The highest BCUT2D eigenvalue weighted by atomic mass is 127. The number of furan rings is 1. The summed E-state index contributed by atoms with van der Waals surface area (Å²) in [5.41, 5.74) is -2.11. The minimum Gasteiger partial charge on any atom is -0.468 e. The summed E-state index contributed by atoms with van der Waals surface area (Å²) >= 11 is 2.24. The number of halogens is 4.